The van der Waals surface area contributed by atoms with E-state index in [4.69, 9.17) is 38.7 Å². The average molecular weight is 1980 g/mol. The molecule has 0 unspecified atom stereocenters. The number of aromatic nitrogens is 3. The number of H-pyrrole nitrogens is 3. The Morgan fingerprint density at radius 2 is 0.691 bits per heavy atom. The highest BCUT2D eigenvalue weighted by Gasteiger charge is 2.37. The SMILES string of the molecule is COc1ccc2c(c1)=NC1=C3CCc4c(ccc(OC)c4O)N4CCC5=c6ccc(C)cc6=NC5=C4CCc4c(ccc(C)c4O)N3CCC=21.COc1ccc2c(c1)CC1=C2CCN=C1C=Cc1cccc(OC)c1O.COc1cccc(C=CC2=NCCc3c2[nH]c2cc(C)ccc32)c1O.Cc1ccc2c3c([nH]c2c1)C(C=Cc1cccc(C)c1O)=NCC3.Cc1ccc2c3c([nH]c2c1)C(C=Cc1cccc(C)c1O)=NCC3. The highest BCUT2D eigenvalue weighted by molar-refractivity contribution is 6.18. The Bertz CT molecular complexity index is 8490. The first kappa shape index (κ1) is 97.9. The van der Waals surface area contributed by atoms with Gasteiger partial charge in [0.05, 0.1) is 97.6 Å². The van der Waals surface area contributed by atoms with Crippen molar-refractivity contribution in [3.8, 4) is 63.2 Å². The zero-order chi connectivity index (χ0) is 103. The maximum Gasteiger partial charge on any atom is 0.165 e. The number of aliphatic imine (C=N–C) groups is 4. The summed E-state index contributed by atoms with van der Waals surface area (Å²) in [5.41, 5.74) is 40.9. The van der Waals surface area contributed by atoms with Crippen molar-refractivity contribution in [1.82, 2.24) is 15.0 Å². The Hall–Kier alpha value is -17.1. The van der Waals surface area contributed by atoms with Crippen molar-refractivity contribution >= 4 is 108 Å². The van der Waals surface area contributed by atoms with Crippen LogP contribution < -0.4 is 54.6 Å². The number of aryl methyl sites for hydroxylation is 7. The van der Waals surface area contributed by atoms with Crippen LogP contribution >= 0.6 is 0 Å². The van der Waals surface area contributed by atoms with E-state index < -0.39 is 0 Å². The van der Waals surface area contributed by atoms with Gasteiger partial charge in [-0.1, -0.05) is 121 Å². The molecule has 15 aromatic rings. The number of methoxy groups -OCH3 is 5. The number of phenolic OH excluding ortho intramolecular Hbond substituents is 6. The molecule has 9 aliphatic heterocycles. The molecule has 0 radical (unpaired) electrons. The largest absolute Gasteiger partial charge is 0.507 e. The van der Waals surface area contributed by atoms with Gasteiger partial charge in [0.25, 0.3) is 0 Å². The van der Waals surface area contributed by atoms with Crippen molar-refractivity contribution in [1.29, 1.82) is 0 Å². The molecule has 25 rings (SSSR count). The van der Waals surface area contributed by atoms with Gasteiger partial charge >= 0.3 is 0 Å². The van der Waals surface area contributed by atoms with Crippen LogP contribution in [0.2, 0.25) is 0 Å². The molecule has 0 atom stereocenters. The van der Waals surface area contributed by atoms with E-state index in [0.29, 0.717) is 65.7 Å². The van der Waals surface area contributed by atoms with Crippen molar-refractivity contribution in [2.75, 3.05) is 84.6 Å². The molecule has 0 spiro atoms. The maximum atomic E-state index is 11.8. The number of allylic oxidation sites excluding steroid dienone is 9. The van der Waals surface area contributed by atoms with Gasteiger partial charge in [0.1, 0.15) is 28.7 Å². The number of nitrogens with one attached hydrogen (secondary N) is 3. The Balaban J connectivity index is 0.000000114. The molecule has 9 N–H and O–H groups in total. The van der Waals surface area contributed by atoms with Crippen LogP contribution in [-0.4, -0.2) is 143 Å². The molecular weight excluding hydrogens is 1860 g/mol. The summed E-state index contributed by atoms with van der Waals surface area (Å²) in [7, 11) is 8.08. The van der Waals surface area contributed by atoms with E-state index in [0.717, 1.165) is 236 Å². The van der Waals surface area contributed by atoms with Crippen LogP contribution in [0.5, 0.6) is 63.2 Å². The lowest BCUT2D eigenvalue weighted by Crippen LogP contribution is -2.33. The zero-order valence-electron chi connectivity index (χ0n) is 86.1. The van der Waals surface area contributed by atoms with Gasteiger partial charge in [-0.2, -0.15) is 0 Å². The summed E-state index contributed by atoms with van der Waals surface area (Å²) in [6, 6.07) is 69.1. The number of fused-ring (bicyclic) bond motifs is 21. The number of aromatic amines is 3. The third-order valence-corrected chi connectivity index (χ3v) is 30.0. The summed E-state index contributed by atoms with van der Waals surface area (Å²) in [5, 5.41) is 72.5. The van der Waals surface area contributed by atoms with Crippen LogP contribution in [0.1, 0.15) is 149 Å². The van der Waals surface area contributed by atoms with Crippen LogP contribution in [0, 0.1) is 48.5 Å². The van der Waals surface area contributed by atoms with E-state index in [-0.39, 0.29) is 17.2 Å². The first-order chi connectivity index (χ1) is 72.5. The molecule has 149 heavy (non-hydrogen) atoms. The lowest BCUT2D eigenvalue weighted by atomic mass is 9.91. The molecule has 12 heterocycles. The number of anilines is 2. The predicted molar refractivity (Wildman–Crippen MR) is 601 cm³/mol. The monoisotopic (exact) mass is 1980 g/mol. The Morgan fingerprint density at radius 1 is 0.302 bits per heavy atom. The Morgan fingerprint density at radius 3 is 1.17 bits per heavy atom. The molecule has 22 heteroatoms. The summed E-state index contributed by atoms with van der Waals surface area (Å²) in [6.45, 7) is 18.9. The summed E-state index contributed by atoms with van der Waals surface area (Å²) in [4.78, 5) is 44.5. The lowest BCUT2D eigenvalue weighted by Gasteiger charge is -2.38. The van der Waals surface area contributed by atoms with Crippen molar-refractivity contribution in [2.24, 2.45) is 30.0 Å². The summed E-state index contributed by atoms with van der Waals surface area (Å²) in [5.74, 6) is 4.54. The van der Waals surface area contributed by atoms with Gasteiger partial charge in [-0.05, 0) is 329 Å². The second-order valence-corrected chi connectivity index (χ2v) is 39.3. The number of nitrogens with zero attached hydrogens (tertiary/aromatic N) is 8. The number of phenols is 6. The minimum absolute atomic E-state index is 0.144. The molecule has 3 aromatic heterocycles. The van der Waals surface area contributed by atoms with Crippen molar-refractivity contribution in [3.63, 3.8) is 0 Å². The number of hydrogen-bond donors (Lipinski definition) is 9. The van der Waals surface area contributed by atoms with E-state index in [1.165, 1.54) is 105 Å². The molecule has 0 fully saturated rings. The molecule has 1 aliphatic carbocycles. The summed E-state index contributed by atoms with van der Waals surface area (Å²) >= 11 is 0. The number of rotatable bonds is 13. The van der Waals surface area contributed by atoms with Gasteiger partial charge in [-0.25, -0.2) is 9.98 Å². The number of aromatic hydroxyl groups is 6. The first-order valence-electron chi connectivity index (χ1n) is 51.1. The fraction of sp³-hybridized carbons (Fsp3) is 0.228. The van der Waals surface area contributed by atoms with Gasteiger partial charge in [-0.15, -0.1) is 0 Å². The zero-order valence-corrected chi connectivity index (χ0v) is 86.1. The summed E-state index contributed by atoms with van der Waals surface area (Å²) < 4.78 is 26.9. The maximum absolute atomic E-state index is 11.8. The standard InChI is InChI=1S/C42H40N4O4.C22H21NO3.C21H20N2O2.2C21H20N2O/c1-23-5-8-26-28-17-20-46-35-15-16-38(50-4)42(48)31(35)11-14-37-40-29(27-9-7-25(49-3)22-33(27)44-40)18-19-45(37)34-12-6-24(2)41(47)30(34)10-13-36(46)39(28)43-32(26)21-23;1-25-16-7-8-17-15(12-16)13-19-18(17)10-11-23-20(19)9-6-14-4-3-5-21(26-2)22(14)24;1-13-6-8-15-16-10-11-22-17(20(16)23-18(15)12-13)9-7-14-4-3-5-19(25-2)21(14)24;2*1-13-6-8-16-17-10-11-22-18(20(17)23-19(16)12-13)9-7-15-5-3-4-14(2)21(15)24/h5-9,12,15-16,21-22,47-48H,10-11,13-14,17-20H2,1-4H3;3-9,12,24H,10-11,13H2,1-2H3;3-9,12,23-24H,10-11H2,1-2H3;2*3-9,12,23-24H,10-11H2,1-2H3. The van der Waals surface area contributed by atoms with Crippen molar-refractivity contribution in [3.05, 3.63) is 397 Å². The molecule has 0 amide bonds. The van der Waals surface area contributed by atoms with Crippen LogP contribution in [0.4, 0.5) is 11.4 Å². The third kappa shape index (κ3) is 19.1. The van der Waals surface area contributed by atoms with Gasteiger partial charge in [-0.3, -0.25) is 20.0 Å². The van der Waals surface area contributed by atoms with E-state index in [1.807, 2.05) is 160 Å². The van der Waals surface area contributed by atoms with Crippen molar-refractivity contribution < 1.29 is 54.3 Å². The Labute approximate surface area is 866 Å². The quantitative estimate of drug-likeness (QED) is 0.0519. The minimum atomic E-state index is 0.144. The number of hydrogen-bond acceptors (Lipinski definition) is 19. The van der Waals surface area contributed by atoms with Gasteiger partial charge in [0, 0.05) is 151 Å². The Kier molecular flexibility index (Phi) is 27.4. The smallest absolute Gasteiger partial charge is 0.165 e. The minimum Gasteiger partial charge on any atom is -0.507 e. The number of dihydropyridines is 1. The molecule has 10 aliphatic rings. The number of para-hydroxylation sites is 4. The van der Waals surface area contributed by atoms with Crippen LogP contribution in [0.25, 0.3) is 73.7 Å². The second kappa shape index (κ2) is 41.8. The molecular formula is C127H121N11O11. The van der Waals surface area contributed by atoms with Gasteiger partial charge in [0.2, 0.25) is 0 Å². The van der Waals surface area contributed by atoms with E-state index in [2.05, 4.69) is 171 Å². The fourth-order valence-electron chi connectivity index (χ4n) is 22.3. The predicted octanol–water partition coefficient (Wildman–Crippen LogP) is 22.7. The first-order valence-corrected chi connectivity index (χ1v) is 51.1. The fourth-order valence-corrected chi connectivity index (χ4v) is 22.3. The molecule has 22 nitrogen and oxygen atoms in total. The van der Waals surface area contributed by atoms with E-state index in [1.54, 1.807) is 47.7 Å². The van der Waals surface area contributed by atoms with Crippen LogP contribution in [-0.2, 0) is 38.5 Å². The molecule has 0 bridgehead atoms. The molecule has 750 valence electrons. The average Bonchev–Trinajstić information content (AvgIpc) is 1.59. The van der Waals surface area contributed by atoms with Gasteiger partial charge in [0.15, 0.2) is 34.5 Å². The van der Waals surface area contributed by atoms with E-state index >= 15 is 0 Å². The highest BCUT2D eigenvalue weighted by atomic mass is 16.5. The highest BCUT2D eigenvalue weighted by Crippen LogP contribution is 2.49. The summed E-state index contributed by atoms with van der Waals surface area (Å²) in [6.07, 6.45) is 24.4. The van der Waals surface area contributed by atoms with Crippen LogP contribution in [0.3, 0.4) is 0 Å². The number of ether oxygens (including phenoxy) is 5. The van der Waals surface area contributed by atoms with Crippen LogP contribution in [0.15, 0.2) is 289 Å². The third-order valence-electron chi connectivity index (χ3n) is 30.0. The second-order valence-electron chi connectivity index (χ2n) is 39.3. The van der Waals surface area contributed by atoms with E-state index in [9.17, 15) is 30.6 Å². The van der Waals surface area contributed by atoms with Crippen molar-refractivity contribution in [2.45, 2.75) is 119 Å². The molecule has 0 saturated carbocycles. The topological polar surface area (TPSA) is 296 Å². The number of benzene rings is 12. The molecule has 12 aromatic carbocycles. The van der Waals surface area contributed by atoms with Gasteiger partial charge < -0.3 is 79.1 Å². The molecule has 0 saturated heterocycles. The normalized spacial score (nSPS) is 15.5. The lowest BCUT2D eigenvalue weighted by molar-refractivity contribution is 0.370.